The standard InChI is InChI=1S/C25H38O4/c1-3-4-7-11-23(26)20-15-13-19(14-16-20)21-17-18-24(27)22(21)10-8-5-6-9-12-25(28)29-2/h13-16,21-23,26H,3-12,17-18H2,1-2H3/t21-,22?,23-/m1/s1. The molecule has 4 heteroatoms. The number of benzene rings is 1. The number of Topliss-reactive ketones (excluding diaryl/α,β-unsaturated/α-hetero) is 1. The molecular formula is C25H38O4. The maximum atomic E-state index is 12.4. The van der Waals surface area contributed by atoms with Crippen molar-refractivity contribution in [1.82, 2.24) is 0 Å². The van der Waals surface area contributed by atoms with E-state index in [2.05, 4.69) is 23.8 Å². The summed E-state index contributed by atoms with van der Waals surface area (Å²) in [5.41, 5.74) is 2.22. The molecular weight excluding hydrogens is 364 g/mol. The predicted molar refractivity (Wildman–Crippen MR) is 116 cm³/mol. The molecule has 4 nitrogen and oxygen atoms in total. The quantitative estimate of drug-likeness (QED) is 0.331. The lowest BCUT2D eigenvalue weighted by Gasteiger charge is -2.20. The Hall–Kier alpha value is -1.68. The number of hydrogen-bond acceptors (Lipinski definition) is 4. The third kappa shape index (κ3) is 7.58. The lowest BCUT2D eigenvalue weighted by molar-refractivity contribution is -0.140. The van der Waals surface area contributed by atoms with Crippen LogP contribution in [0.5, 0.6) is 0 Å². The van der Waals surface area contributed by atoms with E-state index in [1.54, 1.807) is 0 Å². The molecule has 0 aromatic heterocycles. The van der Waals surface area contributed by atoms with Crippen LogP contribution in [0.3, 0.4) is 0 Å². The molecule has 1 unspecified atom stereocenters. The minimum Gasteiger partial charge on any atom is -0.469 e. The number of esters is 1. The Kier molecular flexibility index (Phi) is 10.4. The first kappa shape index (κ1) is 23.6. The number of aliphatic hydroxyl groups is 1. The van der Waals surface area contributed by atoms with Crippen molar-refractivity contribution in [3.63, 3.8) is 0 Å². The van der Waals surface area contributed by atoms with Gasteiger partial charge in [0.1, 0.15) is 5.78 Å². The smallest absolute Gasteiger partial charge is 0.305 e. The van der Waals surface area contributed by atoms with Crippen LogP contribution in [0, 0.1) is 5.92 Å². The monoisotopic (exact) mass is 402 g/mol. The number of aliphatic hydroxyl groups excluding tert-OH is 1. The molecule has 0 spiro atoms. The van der Waals surface area contributed by atoms with E-state index in [4.69, 9.17) is 0 Å². The van der Waals surface area contributed by atoms with Gasteiger partial charge in [-0.15, -0.1) is 0 Å². The number of carbonyl (C=O) groups is 2. The van der Waals surface area contributed by atoms with Gasteiger partial charge in [-0.1, -0.05) is 69.7 Å². The van der Waals surface area contributed by atoms with Gasteiger partial charge < -0.3 is 9.84 Å². The lowest BCUT2D eigenvalue weighted by Crippen LogP contribution is -2.13. The van der Waals surface area contributed by atoms with Gasteiger partial charge in [0.15, 0.2) is 0 Å². The number of ether oxygens (including phenoxy) is 1. The molecule has 1 aliphatic carbocycles. The lowest BCUT2D eigenvalue weighted by atomic mass is 9.84. The second kappa shape index (κ2) is 12.8. The summed E-state index contributed by atoms with van der Waals surface area (Å²) in [5.74, 6) is 0.683. The summed E-state index contributed by atoms with van der Waals surface area (Å²) in [6, 6.07) is 8.31. The summed E-state index contributed by atoms with van der Waals surface area (Å²) in [5, 5.41) is 10.4. The van der Waals surface area contributed by atoms with Crippen LogP contribution in [-0.2, 0) is 14.3 Å². The van der Waals surface area contributed by atoms with Crippen molar-refractivity contribution in [2.75, 3.05) is 7.11 Å². The largest absolute Gasteiger partial charge is 0.469 e. The number of hydrogen-bond donors (Lipinski definition) is 1. The molecule has 1 fully saturated rings. The van der Waals surface area contributed by atoms with Gasteiger partial charge in [-0.25, -0.2) is 0 Å². The van der Waals surface area contributed by atoms with E-state index >= 15 is 0 Å². The molecule has 0 radical (unpaired) electrons. The Labute approximate surface area is 176 Å². The van der Waals surface area contributed by atoms with Crippen LogP contribution in [0.4, 0.5) is 0 Å². The molecule has 29 heavy (non-hydrogen) atoms. The Morgan fingerprint density at radius 2 is 1.83 bits per heavy atom. The van der Waals surface area contributed by atoms with Gasteiger partial charge in [0, 0.05) is 18.8 Å². The average molecular weight is 403 g/mol. The molecule has 0 aliphatic heterocycles. The number of rotatable bonds is 13. The molecule has 1 saturated carbocycles. The maximum absolute atomic E-state index is 12.4. The van der Waals surface area contributed by atoms with Crippen molar-refractivity contribution in [1.29, 1.82) is 0 Å². The summed E-state index contributed by atoms with van der Waals surface area (Å²) < 4.78 is 4.66. The molecule has 3 atom stereocenters. The van der Waals surface area contributed by atoms with E-state index in [0.717, 1.165) is 69.8 Å². The Morgan fingerprint density at radius 1 is 1.10 bits per heavy atom. The third-order valence-corrected chi connectivity index (χ3v) is 6.31. The van der Waals surface area contributed by atoms with Gasteiger partial charge in [-0.05, 0) is 42.7 Å². The predicted octanol–water partition coefficient (Wildman–Crippen LogP) is 5.88. The summed E-state index contributed by atoms with van der Waals surface area (Å²) in [6.07, 6.45) is 10.8. The van der Waals surface area contributed by atoms with E-state index < -0.39 is 0 Å². The van der Waals surface area contributed by atoms with Gasteiger partial charge in [-0.3, -0.25) is 9.59 Å². The fourth-order valence-electron chi connectivity index (χ4n) is 4.48. The van der Waals surface area contributed by atoms with Crippen LogP contribution >= 0.6 is 0 Å². The van der Waals surface area contributed by atoms with Crippen LogP contribution in [0.2, 0.25) is 0 Å². The summed E-state index contributed by atoms with van der Waals surface area (Å²) >= 11 is 0. The van der Waals surface area contributed by atoms with Crippen LogP contribution in [-0.4, -0.2) is 24.0 Å². The first-order valence-electron chi connectivity index (χ1n) is 11.4. The van der Waals surface area contributed by atoms with Crippen LogP contribution in [0.15, 0.2) is 24.3 Å². The van der Waals surface area contributed by atoms with E-state index in [1.165, 1.54) is 12.7 Å². The minimum atomic E-state index is -0.387. The molecule has 0 saturated heterocycles. The summed E-state index contributed by atoms with van der Waals surface area (Å²) in [7, 11) is 1.42. The second-order valence-corrected chi connectivity index (χ2v) is 8.43. The Balaban J connectivity index is 1.82. The van der Waals surface area contributed by atoms with E-state index in [9.17, 15) is 14.7 Å². The first-order valence-corrected chi connectivity index (χ1v) is 11.4. The van der Waals surface area contributed by atoms with Crippen molar-refractivity contribution >= 4 is 11.8 Å². The first-order chi connectivity index (χ1) is 14.1. The van der Waals surface area contributed by atoms with Gasteiger partial charge in [0.05, 0.1) is 13.2 Å². The summed E-state index contributed by atoms with van der Waals surface area (Å²) in [4.78, 5) is 23.6. The normalized spacial score (nSPS) is 20.0. The van der Waals surface area contributed by atoms with Crippen molar-refractivity contribution < 1.29 is 19.4 Å². The third-order valence-electron chi connectivity index (χ3n) is 6.31. The van der Waals surface area contributed by atoms with Crippen molar-refractivity contribution in [3.05, 3.63) is 35.4 Å². The van der Waals surface area contributed by atoms with E-state index in [0.29, 0.717) is 24.5 Å². The SMILES string of the molecule is CCCCC[C@@H](O)c1ccc([C@H]2CCC(=O)C2CCCCCCC(=O)OC)cc1. The van der Waals surface area contributed by atoms with Gasteiger partial charge in [0.2, 0.25) is 0 Å². The fourth-order valence-corrected chi connectivity index (χ4v) is 4.48. The van der Waals surface area contributed by atoms with Crippen LogP contribution in [0.1, 0.15) is 107 Å². The molecule has 1 aromatic rings. The summed E-state index contributed by atoms with van der Waals surface area (Å²) in [6.45, 7) is 2.17. The molecule has 0 bridgehead atoms. The Morgan fingerprint density at radius 3 is 2.52 bits per heavy atom. The van der Waals surface area contributed by atoms with Gasteiger partial charge in [0.25, 0.3) is 0 Å². The minimum absolute atomic E-state index is 0.121. The molecule has 0 heterocycles. The zero-order valence-electron chi connectivity index (χ0n) is 18.2. The number of methoxy groups -OCH3 is 1. The highest BCUT2D eigenvalue weighted by atomic mass is 16.5. The van der Waals surface area contributed by atoms with Gasteiger partial charge >= 0.3 is 5.97 Å². The highest BCUT2D eigenvalue weighted by Crippen LogP contribution is 2.40. The zero-order chi connectivity index (χ0) is 21.1. The van der Waals surface area contributed by atoms with E-state index in [1.807, 2.05) is 12.1 Å². The fraction of sp³-hybridized carbons (Fsp3) is 0.680. The van der Waals surface area contributed by atoms with Crippen molar-refractivity contribution in [2.24, 2.45) is 5.92 Å². The second-order valence-electron chi connectivity index (χ2n) is 8.43. The molecule has 1 aliphatic rings. The van der Waals surface area contributed by atoms with Crippen LogP contribution < -0.4 is 0 Å². The Bertz CT molecular complexity index is 622. The molecule has 0 amide bonds. The van der Waals surface area contributed by atoms with E-state index in [-0.39, 0.29) is 18.0 Å². The highest BCUT2D eigenvalue weighted by molar-refractivity contribution is 5.84. The topological polar surface area (TPSA) is 63.6 Å². The number of carbonyl (C=O) groups excluding carboxylic acids is 2. The van der Waals surface area contributed by atoms with Crippen molar-refractivity contribution in [2.45, 2.75) is 96.0 Å². The van der Waals surface area contributed by atoms with Crippen molar-refractivity contribution in [3.8, 4) is 0 Å². The molecule has 162 valence electrons. The molecule has 1 aromatic carbocycles. The number of unbranched alkanes of at least 4 members (excludes halogenated alkanes) is 5. The van der Waals surface area contributed by atoms with Gasteiger partial charge in [-0.2, -0.15) is 0 Å². The average Bonchev–Trinajstić information content (AvgIpc) is 3.10. The molecule has 2 rings (SSSR count). The molecule has 1 N–H and O–H groups in total. The highest BCUT2D eigenvalue weighted by Gasteiger charge is 2.34. The van der Waals surface area contributed by atoms with Crippen LogP contribution in [0.25, 0.3) is 0 Å². The maximum Gasteiger partial charge on any atom is 0.305 e. The zero-order valence-corrected chi connectivity index (χ0v) is 18.2. The number of ketones is 1.